The van der Waals surface area contributed by atoms with E-state index >= 15 is 0 Å². The topological polar surface area (TPSA) is 42.2 Å². The van der Waals surface area contributed by atoms with E-state index in [1.54, 1.807) is 0 Å². The van der Waals surface area contributed by atoms with Gasteiger partial charge < -0.3 is 9.32 Å². The largest absolute Gasteiger partial charge is 0.407 e. The van der Waals surface area contributed by atoms with Crippen LogP contribution >= 0.6 is 11.6 Å². The summed E-state index contributed by atoms with van der Waals surface area (Å²) in [6, 6.07) is 0.619. The zero-order chi connectivity index (χ0) is 12.5. The van der Waals surface area contributed by atoms with Crippen LogP contribution in [0.3, 0.4) is 0 Å². The molecular formula is C12H20ClN3O. The van der Waals surface area contributed by atoms with Gasteiger partial charge in [0.2, 0.25) is 5.89 Å². The maximum atomic E-state index is 5.65. The number of hydrogen-bond acceptors (Lipinski definition) is 4. The van der Waals surface area contributed by atoms with Crippen LogP contribution < -0.4 is 4.90 Å². The molecule has 1 aliphatic rings. The second kappa shape index (κ2) is 4.84. The van der Waals surface area contributed by atoms with E-state index in [4.69, 9.17) is 16.0 Å². The molecule has 0 radical (unpaired) electrons. The molecule has 1 aromatic heterocycles. The quantitative estimate of drug-likeness (QED) is 0.764. The Balaban J connectivity index is 1.95. The molecule has 1 saturated heterocycles. The molecule has 1 aromatic rings. The van der Waals surface area contributed by atoms with Gasteiger partial charge in [-0.15, -0.1) is 16.7 Å². The summed E-state index contributed by atoms with van der Waals surface area (Å²) in [6.07, 6.45) is 2.37. The second-order valence-corrected chi connectivity index (χ2v) is 6.01. The Hall–Kier alpha value is -0.770. The van der Waals surface area contributed by atoms with Crippen molar-refractivity contribution >= 4 is 17.6 Å². The molecule has 2 rings (SSSR count). The zero-order valence-corrected chi connectivity index (χ0v) is 11.5. The van der Waals surface area contributed by atoms with Crippen molar-refractivity contribution in [1.29, 1.82) is 0 Å². The zero-order valence-electron chi connectivity index (χ0n) is 10.7. The summed E-state index contributed by atoms with van der Waals surface area (Å²) in [6.45, 7) is 8.92. The number of aromatic nitrogens is 2. The average molecular weight is 258 g/mol. The van der Waals surface area contributed by atoms with Gasteiger partial charge >= 0.3 is 6.01 Å². The van der Waals surface area contributed by atoms with Crippen LogP contribution in [0.15, 0.2) is 4.42 Å². The summed E-state index contributed by atoms with van der Waals surface area (Å²) in [7, 11) is 0. The molecule has 2 heterocycles. The second-order valence-electron chi connectivity index (χ2n) is 5.74. The number of hydrogen-bond donors (Lipinski definition) is 0. The number of anilines is 1. The molecule has 0 bridgehead atoms. The maximum Gasteiger partial charge on any atom is 0.318 e. The first-order valence-corrected chi connectivity index (χ1v) is 6.67. The minimum Gasteiger partial charge on any atom is -0.407 e. The Morgan fingerprint density at radius 1 is 1.29 bits per heavy atom. The first-order valence-electron chi connectivity index (χ1n) is 6.14. The van der Waals surface area contributed by atoms with Crippen molar-refractivity contribution in [2.75, 3.05) is 18.0 Å². The third-order valence-corrected chi connectivity index (χ3v) is 3.79. The summed E-state index contributed by atoms with van der Waals surface area (Å²) < 4.78 is 5.46. The maximum absolute atomic E-state index is 5.65. The lowest BCUT2D eigenvalue weighted by atomic mass is 9.75. The highest BCUT2D eigenvalue weighted by Crippen LogP contribution is 2.35. The summed E-state index contributed by atoms with van der Waals surface area (Å²) in [5.41, 5.74) is 0.391. The minimum absolute atomic E-state index is 0.283. The molecule has 4 nitrogen and oxygen atoms in total. The molecule has 0 saturated carbocycles. The van der Waals surface area contributed by atoms with E-state index in [-0.39, 0.29) is 5.88 Å². The van der Waals surface area contributed by atoms with Crippen LogP contribution in [-0.2, 0) is 5.88 Å². The van der Waals surface area contributed by atoms with Crippen molar-refractivity contribution in [3.63, 3.8) is 0 Å². The summed E-state index contributed by atoms with van der Waals surface area (Å²) in [5.74, 6) is 1.56. The van der Waals surface area contributed by atoms with E-state index in [0.29, 0.717) is 17.3 Å². The standard InChI is InChI=1S/C12H20ClN3O/c1-12(2,3)9-4-6-16(7-5-9)11-15-14-10(8-13)17-11/h9H,4-8H2,1-3H3. The monoisotopic (exact) mass is 257 g/mol. The van der Waals surface area contributed by atoms with Crippen LogP contribution in [0.1, 0.15) is 39.5 Å². The Morgan fingerprint density at radius 3 is 2.41 bits per heavy atom. The van der Waals surface area contributed by atoms with E-state index < -0.39 is 0 Å². The van der Waals surface area contributed by atoms with Crippen molar-refractivity contribution in [3.05, 3.63) is 5.89 Å². The first-order chi connectivity index (χ1) is 8.00. The molecule has 1 aliphatic heterocycles. The highest BCUT2D eigenvalue weighted by molar-refractivity contribution is 6.16. The van der Waals surface area contributed by atoms with Gasteiger partial charge in [0.05, 0.1) is 0 Å². The number of alkyl halides is 1. The smallest absolute Gasteiger partial charge is 0.318 e. The van der Waals surface area contributed by atoms with Crippen molar-refractivity contribution in [2.45, 2.75) is 39.5 Å². The molecule has 96 valence electrons. The van der Waals surface area contributed by atoms with Crippen molar-refractivity contribution < 1.29 is 4.42 Å². The van der Waals surface area contributed by atoms with Crippen LogP contribution in [0.4, 0.5) is 6.01 Å². The lowest BCUT2D eigenvalue weighted by Gasteiger charge is -2.38. The lowest BCUT2D eigenvalue weighted by molar-refractivity contribution is 0.196. The summed E-state index contributed by atoms with van der Waals surface area (Å²) in [5, 5.41) is 7.91. The fourth-order valence-corrected chi connectivity index (χ4v) is 2.47. The van der Waals surface area contributed by atoms with Gasteiger partial charge in [0.25, 0.3) is 0 Å². The number of nitrogens with zero attached hydrogens (tertiary/aromatic N) is 3. The van der Waals surface area contributed by atoms with E-state index in [1.165, 1.54) is 12.8 Å². The van der Waals surface area contributed by atoms with Gasteiger partial charge in [-0.25, -0.2) is 0 Å². The highest BCUT2D eigenvalue weighted by Gasteiger charge is 2.30. The van der Waals surface area contributed by atoms with Gasteiger partial charge in [0.1, 0.15) is 5.88 Å². The van der Waals surface area contributed by atoms with E-state index in [0.717, 1.165) is 19.0 Å². The first kappa shape index (κ1) is 12.7. The van der Waals surface area contributed by atoms with Gasteiger partial charge in [-0.05, 0) is 24.2 Å². The average Bonchev–Trinajstić information content (AvgIpc) is 2.76. The molecule has 0 spiro atoms. The van der Waals surface area contributed by atoms with Gasteiger partial charge in [0.15, 0.2) is 0 Å². The molecule has 0 atom stereocenters. The van der Waals surface area contributed by atoms with E-state index in [2.05, 4.69) is 35.9 Å². The van der Waals surface area contributed by atoms with Gasteiger partial charge in [-0.1, -0.05) is 25.9 Å². The van der Waals surface area contributed by atoms with Crippen LogP contribution in [0.25, 0.3) is 0 Å². The summed E-state index contributed by atoms with van der Waals surface area (Å²) >= 11 is 5.65. The Bertz CT molecular complexity index is 364. The third-order valence-electron chi connectivity index (χ3n) is 3.56. The number of rotatable bonds is 2. The fourth-order valence-electron chi connectivity index (χ4n) is 2.36. The molecule has 0 aromatic carbocycles. The van der Waals surface area contributed by atoms with Crippen LogP contribution in [0.5, 0.6) is 0 Å². The van der Waals surface area contributed by atoms with Gasteiger partial charge in [-0.3, -0.25) is 0 Å². The highest BCUT2D eigenvalue weighted by atomic mass is 35.5. The van der Waals surface area contributed by atoms with Gasteiger partial charge in [-0.2, -0.15) is 0 Å². The van der Waals surface area contributed by atoms with Gasteiger partial charge in [0, 0.05) is 13.1 Å². The van der Waals surface area contributed by atoms with Crippen molar-refractivity contribution in [2.24, 2.45) is 11.3 Å². The van der Waals surface area contributed by atoms with Crippen LogP contribution in [0, 0.1) is 11.3 Å². The minimum atomic E-state index is 0.283. The molecule has 0 aliphatic carbocycles. The molecular weight excluding hydrogens is 238 g/mol. The number of piperidine rings is 1. The fraction of sp³-hybridized carbons (Fsp3) is 0.833. The molecule has 5 heteroatoms. The Labute approximate surface area is 107 Å². The van der Waals surface area contributed by atoms with Crippen molar-refractivity contribution in [1.82, 2.24) is 10.2 Å². The SMILES string of the molecule is CC(C)(C)C1CCN(c2nnc(CCl)o2)CC1. The Kier molecular flexibility index (Phi) is 3.61. The molecule has 0 N–H and O–H groups in total. The molecule has 17 heavy (non-hydrogen) atoms. The molecule has 1 fully saturated rings. The normalized spacial score (nSPS) is 18.7. The Morgan fingerprint density at radius 2 is 1.94 bits per heavy atom. The molecule has 0 unspecified atom stereocenters. The predicted molar refractivity (Wildman–Crippen MR) is 68.2 cm³/mol. The lowest BCUT2D eigenvalue weighted by Crippen LogP contribution is -2.38. The van der Waals surface area contributed by atoms with Crippen LogP contribution in [-0.4, -0.2) is 23.3 Å². The summed E-state index contributed by atoms with van der Waals surface area (Å²) in [4.78, 5) is 2.16. The third kappa shape index (κ3) is 2.92. The predicted octanol–water partition coefficient (Wildman–Crippen LogP) is 3.07. The van der Waals surface area contributed by atoms with E-state index in [1.807, 2.05) is 0 Å². The number of halogens is 1. The molecule has 0 amide bonds. The van der Waals surface area contributed by atoms with Crippen molar-refractivity contribution in [3.8, 4) is 0 Å². The van der Waals surface area contributed by atoms with E-state index in [9.17, 15) is 0 Å². The van der Waals surface area contributed by atoms with Crippen LogP contribution in [0.2, 0.25) is 0 Å².